The van der Waals surface area contributed by atoms with Gasteiger partial charge in [0.15, 0.2) is 0 Å². The molecule has 2 aromatic rings. The molecule has 3 rings (SSSR count). The first kappa shape index (κ1) is 10.5. The zero-order valence-corrected chi connectivity index (χ0v) is 9.84. The van der Waals surface area contributed by atoms with E-state index in [4.69, 9.17) is 0 Å². The van der Waals surface area contributed by atoms with E-state index >= 15 is 0 Å². The average Bonchev–Trinajstić information content (AvgIpc) is 2.90. The third-order valence-electron chi connectivity index (χ3n) is 3.39. The van der Waals surface area contributed by atoms with E-state index in [1.807, 2.05) is 12.3 Å². The van der Waals surface area contributed by atoms with Gasteiger partial charge < -0.3 is 5.32 Å². The molecule has 0 saturated carbocycles. The van der Waals surface area contributed by atoms with Gasteiger partial charge >= 0.3 is 0 Å². The number of rotatable bonds is 2. The van der Waals surface area contributed by atoms with Crippen molar-refractivity contribution in [2.75, 3.05) is 13.1 Å². The summed E-state index contributed by atoms with van der Waals surface area (Å²) in [4.78, 5) is 0. The van der Waals surface area contributed by atoms with Crippen molar-refractivity contribution in [2.24, 2.45) is 0 Å². The Kier molecular flexibility index (Phi) is 2.92. The SMILES string of the molecule is c1ccc(-c2cnn(C3CCNCC3)c2)cc1. The van der Waals surface area contributed by atoms with Crippen LogP contribution < -0.4 is 5.32 Å². The van der Waals surface area contributed by atoms with Crippen LogP contribution >= 0.6 is 0 Å². The van der Waals surface area contributed by atoms with Crippen LogP contribution in [0, 0.1) is 0 Å². The Morgan fingerprint density at radius 3 is 2.59 bits per heavy atom. The minimum atomic E-state index is 0.564. The summed E-state index contributed by atoms with van der Waals surface area (Å²) in [7, 11) is 0. The lowest BCUT2D eigenvalue weighted by Crippen LogP contribution is -2.29. The molecule has 1 N–H and O–H groups in total. The van der Waals surface area contributed by atoms with E-state index in [2.05, 4.69) is 45.6 Å². The fourth-order valence-corrected chi connectivity index (χ4v) is 2.39. The number of hydrogen-bond acceptors (Lipinski definition) is 2. The van der Waals surface area contributed by atoms with Gasteiger partial charge in [-0.25, -0.2) is 0 Å². The Bertz CT molecular complexity index is 469. The predicted molar refractivity (Wildman–Crippen MR) is 68.8 cm³/mol. The van der Waals surface area contributed by atoms with Crippen LogP contribution in [0.5, 0.6) is 0 Å². The number of nitrogens with one attached hydrogen (secondary N) is 1. The predicted octanol–water partition coefficient (Wildman–Crippen LogP) is 2.47. The summed E-state index contributed by atoms with van der Waals surface area (Å²) in [5.74, 6) is 0. The molecule has 88 valence electrons. The molecule has 2 heterocycles. The van der Waals surface area contributed by atoms with Gasteiger partial charge in [0.25, 0.3) is 0 Å². The summed E-state index contributed by atoms with van der Waals surface area (Å²) >= 11 is 0. The molecule has 1 aliphatic heterocycles. The largest absolute Gasteiger partial charge is 0.317 e. The van der Waals surface area contributed by atoms with Crippen molar-refractivity contribution in [2.45, 2.75) is 18.9 Å². The molecule has 17 heavy (non-hydrogen) atoms. The van der Waals surface area contributed by atoms with Crippen molar-refractivity contribution in [1.82, 2.24) is 15.1 Å². The molecule has 1 saturated heterocycles. The molecule has 0 radical (unpaired) electrons. The highest BCUT2D eigenvalue weighted by molar-refractivity contribution is 5.61. The monoisotopic (exact) mass is 227 g/mol. The first-order valence-electron chi connectivity index (χ1n) is 6.24. The van der Waals surface area contributed by atoms with Crippen LogP contribution in [0.15, 0.2) is 42.7 Å². The van der Waals surface area contributed by atoms with Crippen LogP contribution in [0.25, 0.3) is 11.1 Å². The van der Waals surface area contributed by atoms with Gasteiger partial charge in [-0.3, -0.25) is 4.68 Å². The molecule has 1 fully saturated rings. The van der Waals surface area contributed by atoms with Gasteiger partial charge in [-0.05, 0) is 31.5 Å². The van der Waals surface area contributed by atoms with Gasteiger partial charge in [-0.2, -0.15) is 5.10 Å². The van der Waals surface area contributed by atoms with Crippen molar-refractivity contribution in [1.29, 1.82) is 0 Å². The van der Waals surface area contributed by atoms with Gasteiger partial charge in [0.2, 0.25) is 0 Å². The van der Waals surface area contributed by atoms with E-state index in [-0.39, 0.29) is 0 Å². The Labute approximate surface area is 101 Å². The first-order valence-corrected chi connectivity index (χ1v) is 6.24. The van der Waals surface area contributed by atoms with Crippen molar-refractivity contribution in [3.63, 3.8) is 0 Å². The minimum absolute atomic E-state index is 0.564. The smallest absolute Gasteiger partial charge is 0.0568 e. The third kappa shape index (κ3) is 2.24. The number of nitrogens with zero attached hydrogens (tertiary/aromatic N) is 2. The maximum atomic E-state index is 4.51. The number of piperidine rings is 1. The van der Waals surface area contributed by atoms with E-state index in [1.54, 1.807) is 0 Å². The lowest BCUT2D eigenvalue weighted by molar-refractivity contribution is 0.343. The van der Waals surface area contributed by atoms with Crippen LogP contribution in [0.4, 0.5) is 0 Å². The highest BCUT2D eigenvalue weighted by atomic mass is 15.3. The van der Waals surface area contributed by atoms with Crippen LogP contribution in [-0.2, 0) is 0 Å². The van der Waals surface area contributed by atoms with Gasteiger partial charge in [0.05, 0.1) is 12.2 Å². The second kappa shape index (κ2) is 4.72. The van der Waals surface area contributed by atoms with Crippen LogP contribution in [0.3, 0.4) is 0 Å². The van der Waals surface area contributed by atoms with E-state index in [0.717, 1.165) is 13.1 Å². The summed E-state index contributed by atoms with van der Waals surface area (Å²) in [5, 5.41) is 7.89. The number of benzene rings is 1. The maximum Gasteiger partial charge on any atom is 0.0568 e. The molecular formula is C14H17N3. The number of aromatic nitrogens is 2. The van der Waals surface area contributed by atoms with Gasteiger partial charge in [0, 0.05) is 11.8 Å². The standard InChI is InChI=1S/C14H17N3/c1-2-4-12(5-3-1)13-10-16-17(11-13)14-6-8-15-9-7-14/h1-5,10-11,14-15H,6-9H2. The Morgan fingerprint density at radius 1 is 1.06 bits per heavy atom. The molecule has 0 amide bonds. The fourth-order valence-electron chi connectivity index (χ4n) is 2.39. The molecule has 0 bridgehead atoms. The van der Waals surface area contributed by atoms with E-state index in [9.17, 15) is 0 Å². The van der Waals surface area contributed by atoms with E-state index in [0.29, 0.717) is 6.04 Å². The minimum Gasteiger partial charge on any atom is -0.317 e. The molecule has 1 aromatic carbocycles. The zero-order chi connectivity index (χ0) is 11.5. The summed E-state index contributed by atoms with van der Waals surface area (Å²) in [6.45, 7) is 2.20. The summed E-state index contributed by atoms with van der Waals surface area (Å²) < 4.78 is 2.13. The molecule has 3 heteroatoms. The fraction of sp³-hybridized carbons (Fsp3) is 0.357. The summed E-state index contributed by atoms with van der Waals surface area (Å²) in [6, 6.07) is 11.0. The van der Waals surface area contributed by atoms with Gasteiger partial charge in [0.1, 0.15) is 0 Å². The quantitative estimate of drug-likeness (QED) is 0.854. The lowest BCUT2D eigenvalue weighted by atomic mass is 10.1. The van der Waals surface area contributed by atoms with Crippen molar-refractivity contribution in [3.05, 3.63) is 42.7 Å². The molecule has 0 spiro atoms. The number of hydrogen-bond donors (Lipinski definition) is 1. The Balaban J connectivity index is 1.83. The highest BCUT2D eigenvalue weighted by Gasteiger charge is 2.15. The molecular weight excluding hydrogens is 210 g/mol. The average molecular weight is 227 g/mol. The first-order chi connectivity index (χ1) is 8.43. The molecule has 1 aliphatic rings. The second-order valence-electron chi connectivity index (χ2n) is 4.56. The van der Waals surface area contributed by atoms with Crippen LogP contribution in [-0.4, -0.2) is 22.9 Å². The van der Waals surface area contributed by atoms with Gasteiger partial charge in [-0.1, -0.05) is 30.3 Å². The Morgan fingerprint density at radius 2 is 1.82 bits per heavy atom. The molecule has 3 nitrogen and oxygen atoms in total. The van der Waals surface area contributed by atoms with E-state index < -0.39 is 0 Å². The normalized spacial score (nSPS) is 17.2. The van der Waals surface area contributed by atoms with Crippen LogP contribution in [0.2, 0.25) is 0 Å². The topological polar surface area (TPSA) is 29.9 Å². The lowest BCUT2D eigenvalue weighted by Gasteiger charge is -2.22. The van der Waals surface area contributed by atoms with Crippen molar-refractivity contribution < 1.29 is 0 Å². The molecule has 0 aliphatic carbocycles. The molecule has 0 unspecified atom stereocenters. The van der Waals surface area contributed by atoms with Gasteiger partial charge in [-0.15, -0.1) is 0 Å². The van der Waals surface area contributed by atoms with Crippen molar-refractivity contribution >= 4 is 0 Å². The van der Waals surface area contributed by atoms with E-state index in [1.165, 1.54) is 24.0 Å². The molecule has 1 aromatic heterocycles. The summed E-state index contributed by atoms with van der Waals surface area (Å²) in [6.07, 6.45) is 6.49. The Hall–Kier alpha value is -1.61. The molecule has 0 atom stereocenters. The highest BCUT2D eigenvalue weighted by Crippen LogP contribution is 2.22. The van der Waals surface area contributed by atoms with Crippen LogP contribution in [0.1, 0.15) is 18.9 Å². The van der Waals surface area contributed by atoms with Crippen molar-refractivity contribution in [3.8, 4) is 11.1 Å². The zero-order valence-electron chi connectivity index (χ0n) is 9.84. The second-order valence-corrected chi connectivity index (χ2v) is 4.56. The third-order valence-corrected chi connectivity index (χ3v) is 3.39. The summed E-state index contributed by atoms with van der Waals surface area (Å²) in [5.41, 5.74) is 2.46. The maximum absolute atomic E-state index is 4.51.